The van der Waals surface area contributed by atoms with E-state index in [2.05, 4.69) is 5.10 Å². The zero-order valence-electron chi connectivity index (χ0n) is 12.4. The minimum Gasteiger partial charge on any atom is -0.324 e. The van der Waals surface area contributed by atoms with E-state index in [0.717, 1.165) is 11.1 Å². The van der Waals surface area contributed by atoms with Crippen molar-refractivity contribution in [2.75, 3.05) is 7.05 Å². The highest BCUT2D eigenvalue weighted by Crippen LogP contribution is 2.20. The molecule has 6 nitrogen and oxygen atoms in total. The van der Waals surface area contributed by atoms with Crippen LogP contribution in [0.15, 0.2) is 41.6 Å². The van der Waals surface area contributed by atoms with E-state index in [0.29, 0.717) is 0 Å². The smallest absolute Gasteiger partial charge is 0.243 e. The van der Waals surface area contributed by atoms with Crippen LogP contribution in [-0.2, 0) is 23.6 Å². The van der Waals surface area contributed by atoms with Crippen molar-refractivity contribution < 1.29 is 8.42 Å². The fourth-order valence-corrected chi connectivity index (χ4v) is 3.25. The van der Waals surface area contributed by atoms with Gasteiger partial charge in [0.1, 0.15) is 0 Å². The molecule has 0 radical (unpaired) electrons. The monoisotopic (exact) mass is 308 g/mol. The predicted octanol–water partition coefficient (Wildman–Crippen LogP) is 1.26. The molecule has 2 aromatic rings. The van der Waals surface area contributed by atoms with Crippen molar-refractivity contribution >= 4 is 10.0 Å². The van der Waals surface area contributed by atoms with E-state index in [9.17, 15) is 8.42 Å². The fraction of sp³-hybridized carbons (Fsp3) is 0.357. The molecule has 1 aromatic heterocycles. The van der Waals surface area contributed by atoms with Crippen molar-refractivity contribution in [3.63, 3.8) is 0 Å². The van der Waals surface area contributed by atoms with Gasteiger partial charge in [-0.2, -0.15) is 9.40 Å². The van der Waals surface area contributed by atoms with E-state index in [1.165, 1.54) is 4.31 Å². The topological polar surface area (TPSA) is 81.2 Å². The first-order valence-corrected chi connectivity index (χ1v) is 8.04. The average Bonchev–Trinajstić information content (AvgIpc) is 2.84. The number of rotatable bonds is 5. The third-order valence-corrected chi connectivity index (χ3v) is 5.06. The van der Waals surface area contributed by atoms with Crippen LogP contribution in [0.5, 0.6) is 0 Å². The Labute approximate surface area is 125 Å². The maximum atomic E-state index is 12.6. The second-order valence-electron chi connectivity index (χ2n) is 5.14. The van der Waals surface area contributed by atoms with Crippen molar-refractivity contribution in [3.05, 3.63) is 47.8 Å². The Bertz CT molecular complexity index is 722. The van der Waals surface area contributed by atoms with Crippen LogP contribution in [0.2, 0.25) is 0 Å². The first-order valence-electron chi connectivity index (χ1n) is 6.60. The van der Waals surface area contributed by atoms with Gasteiger partial charge in [0.05, 0.1) is 11.1 Å². The molecule has 114 valence electrons. The first kappa shape index (κ1) is 15.7. The molecule has 0 spiro atoms. The minimum atomic E-state index is -3.54. The van der Waals surface area contributed by atoms with Crippen molar-refractivity contribution in [1.29, 1.82) is 0 Å². The van der Waals surface area contributed by atoms with Gasteiger partial charge in [0.15, 0.2) is 0 Å². The SMILES string of the molecule is CC(N)c1cccc(S(=O)(=O)N(C)Cc2cnn(C)c2)c1. The number of sulfonamides is 1. The molecular weight excluding hydrogens is 288 g/mol. The Morgan fingerprint density at radius 3 is 2.71 bits per heavy atom. The predicted molar refractivity (Wildman–Crippen MR) is 80.9 cm³/mol. The summed E-state index contributed by atoms with van der Waals surface area (Å²) in [6.45, 7) is 2.10. The van der Waals surface area contributed by atoms with Gasteiger partial charge in [-0.15, -0.1) is 0 Å². The minimum absolute atomic E-state index is 0.205. The lowest BCUT2D eigenvalue weighted by atomic mass is 10.1. The molecule has 1 aromatic carbocycles. The summed E-state index contributed by atoms with van der Waals surface area (Å²) in [6, 6.07) is 6.54. The van der Waals surface area contributed by atoms with E-state index < -0.39 is 10.0 Å². The standard InChI is InChI=1S/C14H20N4O2S/c1-11(15)13-5-4-6-14(7-13)21(19,20)18(3)10-12-8-16-17(2)9-12/h4-9,11H,10,15H2,1-3H3. The Hall–Kier alpha value is -1.70. The lowest BCUT2D eigenvalue weighted by Gasteiger charge is -2.17. The number of nitrogens with zero attached hydrogens (tertiary/aromatic N) is 3. The summed E-state index contributed by atoms with van der Waals surface area (Å²) >= 11 is 0. The number of aryl methyl sites for hydroxylation is 1. The molecule has 1 unspecified atom stereocenters. The van der Waals surface area contributed by atoms with Gasteiger partial charge in [0.25, 0.3) is 0 Å². The van der Waals surface area contributed by atoms with Gasteiger partial charge >= 0.3 is 0 Å². The number of hydrogen-bond donors (Lipinski definition) is 1. The molecule has 2 rings (SSSR count). The van der Waals surface area contributed by atoms with E-state index in [-0.39, 0.29) is 17.5 Å². The molecule has 0 bridgehead atoms. The summed E-state index contributed by atoms with van der Waals surface area (Å²) in [5.74, 6) is 0. The van der Waals surface area contributed by atoms with Gasteiger partial charge in [-0.3, -0.25) is 4.68 Å². The van der Waals surface area contributed by atoms with Crippen LogP contribution in [-0.4, -0.2) is 29.6 Å². The summed E-state index contributed by atoms with van der Waals surface area (Å²) in [6.07, 6.45) is 3.45. The second-order valence-corrected chi connectivity index (χ2v) is 7.19. The van der Waals surface area contributed by atoms with Crippen LogP contribution in [0.25, 0.3) is 0 Å². The molecule has 0 aliphatic rings. The van der Waals surface area contributed by atoms with Crippen LogP contribution in [0, 0.1) is 0 Å². The molecule has 0 fully saturated rings. The molecule has 0 saturated carbocycles. The van der Waals surface area contributed by atoms with Crippen LogP contribution in [0.4, 0.5) is 0 Å². The Balaban J connectivity index is 2.26. The van der Waals surface area contributed by atoms with Gasteiger partial charge in [-0.1, -0.05) is 12.1 Å². The summed E-state index contributed by atoms with van der Waals surface area (Å²) < 4.78 is 28.1. The molecule has 1 atom stereocenters. The summed E-state index contributed by atoms with van der Waals surface area (Å²) in [7, 11) is -0.191. The highest BCUT2D eigenvalue weighted by atomic mass is 32.2. The van der Waals surface area contributed by atoms with Crippen molar-refractivity contribution in [1.82, 2.24) is 14.1 Å². The Morgan fingerprint density at radius 2 is 2.14 bits per heavy atom. The van der Waals surface area contributed by atoms with Crippen LogP contribution < -0.4 is 5.73 Å². The quantitative estimate of drug-likeness (QED) is 0.901. The molecule has 21 heavy (non-hydrogen) atoms. The van der Waals surface area contributed by atoms with Gasteiger partial charge in [-0.05, 0) is 24.6 Å². The number of benzene rings is 1. The molecule has 0 amide bonds. The normalized spacial score (nSPS) is 13.6. The molecule has 0 aliphatic heterocycles. The van der Waals surface area contributed by atoms with Gasteiger partial charge in [-0.25, -0.2) is 8.42 Å². The summed E-state index contributed by atoms with van der Waals surface area (Å²) in [5, 5.41) is 4.04. The van der Waals surface area contributed by atoms with Crippen LogP contribution >= 0.6 is 0 Å². The zero-order valence-corrected chi connectivity index (χ0v) is 13.2. The van der Waals surface area contributed by atoms with Gasteiger partial charge in [0, 0.05) is 38.4 Å². The average molecular weight is 308 g/mol. The highest BCUT2D eigenvalue weighted by molar-refractivity contribution is 7.89. The number of aromatic nitrogens is 2. The van der Waals surface area contributed by atoms with Crippen LogP contribution in [0.1, 0.15) is 24.1 Å². The lowest BCUT2D eigenvalue weighted by Crippen LogP contribution is -2.26. The van der Waals surface area contributed by atoms with Crippen LogP contribution in [0.3, 0.4) is 0 Å². The maximum absolute atomic E-state index is 12.6. The van der Waals surface area contributed by atoms with E-state index >= 15 is 0 Å². The lowest BCUT2D eigenvalue weighted by molar-refractivity contribution is 0.466. The molecule has 1 heterocycles. The third kappa shape index (κ3) is 3.49. The largest absolute Gasteiger partial charge is 0.324 e. The van der Waals surface area contributed by atoms with Crippen molar-refractivity contribution in [3.8, 4) is 0 Å². The van der Waals surface area contributed by atoms with Crippen molar-refractivity contribution in [2.24, 2.45) is 12.8 Å². The van der Waals surface area contributed by atoms with Gasteiger partial charge in [0.2, 0.25) is 10.0 Å². The maximum Gasteiger partial charge on any atom is 0.243 e. The first-order chi connectivity index (χ1) is 9.80. The molecular formula is C14H20N4O2S. The summed E-state index contributed by atoms with van der Waals surface area (Å²) in [5.41, 5.74) is 7.45. The highest BCUT2D eigenvalue weighted by Gasteiger charge is 2.21. The fourth-order valence-electron chi connectivity index (χ4n) is 2.03. The molecule has 0 saturated heterocycles. The zero-order chi connectivity index (χ0) is 15.6. The Kier molecular flexibility index (Phi) is 4.46. The molecule has 2 N–H and O–H groups in total. The Morgan fingerprint density at radius 1 is 1.43 bits per heavy atom. The van der Waals surface area contributed by atoms with E-state index in [1.807, 2.05) is 13.0 Å². The van der Waals surface area contributed by atoms with E-state index in [4.69, 9.17) is 5.73 Å². The molecule has 7 heteroatoms. The third-order valence-electron chi connectivity index (χ3n) is 3.26. The number of hydrogen-bond acceptors (Lipinski definition) is 4. The van der Waals surface area contributed by atoms with Gasteiger partial charge < -0.3 is 5.73 Å². The van der Waals surface area contributed by atoms with Crippen molar-refractivity contribution in [2.45, 2.75) is 24.4 Å². The number of nitrogens with two attached hydrogens (primary N) is 1. The summed E-state index contributed by atoms with van der Waals surface area (Å²) in [4.78, 5) is 0.253. The van der Waals surface area contributed by atoms with E-state index in [1.54, 1.807) is 49.4 Å². The second kappa shape index (κ2) is 5.97. The molecule has 0 aliphatic carbocycles.